The predicted octanol–water partition coefficient (Wildman–Crippen LogP) is 1.65. The summed E-state index contributed by atoms with van der Waals surface area (Å²) in [7, 11) is -3.17. The maximum absolute atomic E-state index is 13.0. The number of hydrogen-bond acceptors (Lipinski definition) is 5. The minimum Gasteiger partial charge on any atom is -0.489 e. The fourth-order valence-corrected chi connectivity index (χ4v) is 5.15. The van der Waals surface area contributed by atoms with E-state index in [0.717, 1.165) is 5.57 Å². The molecule has 7 heteroatoms. The number of β-amino-alcohol motifs (C(OH)–C–C–N with tert-alkyl or cyclic N) is 1. The molecule has 1 N–H and O–H groups in total. The fraction of sp³-hybridized carbons (Fsp3) is 0.500. The molecule has 0 radical (unpaired) electrons. The second kappa shape index (κ2) is 7.58. The van der Waals surface area contributed by atoms with Gasteiger partial charge >= 0.3 is 0 Å². The van der Waals surface area contributed by atoms with E-state index in [2.05, 4.69) is 6.58 Å². The third kappa shape index (κ3) is 4.83. The van der Waals surface area contributed by atoms with E-state index in [4.69, 9.17) is 4.74 Å². The third-order valence-corrected chi connectivity index (χ3v) is 6.16. The van der Waals surface area contributed by atoms with Gasteiger partial charge in [-0.15, -0.1) is 0 Å². The molecule has 1 aliphatic rings. The van der Waals surface area contributed by atoms with Crippen molar-refractivity contribution in [3.63, 3.8) is 0 Å². The number of amides is 1. The molecular weight excluding hydrogens is 342 g/mol. The average Bonchev–Trinajstić information content (AvgIpc) is 2.84. The second-order valence-electron chi connectivity index (χ2n) is 6.79. The highest BCUT2D eigenvalue weighted by Crippen LogP contribution is 2.31. The Labute approximate surface area is 149 Å². The zero-order valence-electron chi connectivity index (χ0n) is 14.7. The number of carbonyl (C=O) groups is 1. The summed E-state index contributed by atoms with van der Waals surface area (Å²) in [5.41, 5.74) is 0.452. The maximum Gasteiger partial charge on any atom is 0.254 e. The summed E-state index contributed by atoms with van der Waals surface area (Å²) in [5.74, 6) is 0.203. The monoisotopic (exact) mass is 367 g/mol. The van der Waals surface area contributed by atoms with E-state index in [-0.39, 0.29) is 30.6 Å². The highest BCUT2D eigenvalue weighted by Gasteiger charge is 2.44. The van der Waals surface area contributed by atoms with E-state index >= 15 is 0 Å². The minimum atomic E-state index is -3.17. The molecule has 0 aromatic heterocycles. The number of aliphatic hydroxyl groups is 1. The molecular formula is C18H25NO5S. The van der Waals surface area contributed by atoms with Gasteiger partial charge in [0, 0.05) is 12.1 Å². The summed E-state index contributed by atoms with van der Waals surface area (Å²) < 4.78 is 29.3. The topological polar surface area (TPSA) is 83.9 Å². The van der Waals surface area contributed by atoms with E-state index in [1.807, 2.05) is 6.92 Å². The van der Waals surface area contributed by atoms with Crippen LogP contribution in [0.4, 0.5) is 0 Å². The number of sulfone groups is 1. The standard InChI is InChI=1S/C18H25NO5S/c1-14(2)12-24-16-6-4-5-15(11-16)17(21)19(8-9-20)18(3)7-10-25(22,23)13-18/h4-6,11,20H,1,7-10,12-13H2,2-3H3/t18-/m1/s1. The van der Waals surface area contributed by atoms with Gasteiger partial charge in [-0.25, -0.2) is 8.42 Å². The van der Waals surface area contributed by atoms with Gasteiger partial charge in [0.2, 0.25) is 0 Å². The molecule has 1 aromatic carbocycles. The van der Waals surface area contributed by atoms with Gasteiger partial charge in [0.1, 0.15) is 12.4 Å². The molecule has 1 fully saturated rings. The predicted molar refractivity (Wildman–Crippen MR) is 96.5 cm³/mol. The molecule has 1 heterocycles. The van der Waals surface area contributed by atoms with Gasteiger partial charge in [-0.3, -0.25) is 4.79 Å². The number of benzene rings is 1. The van der Waals surface area contributed by atoms with E-state index < -0.39 is 15.4 Å². The molecule has 0 bridgehead atoms. The SMILES string of the molecule is C=C(C)COc1cccc(C(=O)N(CCO)[C@]2(C)CCS(=O)(=O)C2)c1. The number of carbonyl (C=O) groups excluding carboxylic acids is 1. The Morgan fingerprint density at radius 3 is 2.72 bits per heavy atom. The number of aliphatic hydroxyl groups excluding tert-OH is 1. The lowest BCUT2D eigenvalue weighted by molar-refractivity contribution is 0.0503. The van der Waals surface area contributed by atoms with Crippen LogP contribution in [0.3, 0.4) is 0 Å². The van der Waals surface area contributed by atoms with Crippen molar-refractivity contribution in [3.05, 3.63) is 42.0 Å². The van der Waals surface area contributed by atoms with Crippen LogP contribution >= 0.6 is 0 Å². The van der Waals surface area contributed by atoms with Crippen molar-refractivity contribution in [1.29, 1.82) is 0 Å². The lowest BCUT2D eigenvalue weighted by atomic mass is 9.97. The van der Waals surface area contributed by atoms with Crippen LogP contribution < -0.4 is 4.74 Å². The number of rotatable bonds is 7. The zero-order valence-corrected chi connectivity index (χ0v) is 15.5. The molecule has 0 aliphatic carbocycles. The Balaban J connectivity index is 2.26. The largest absolute Gasteiger partial charge is 0.489 e. The smallest absolute Gasteiger partial charge is 0.254 e. The quantitative estimate of drug-likeness (QED) is 0.741. The van der Waals surface area contributed by atoms with Gasteiger partial charge in [0.15, 0.2) is 9.84 Å². The van der Waals surface area contributed by atoms with Crippen molar-refractivity contribution < 1.29 is 23.1 Å². The first-order valence-electron chi connectivity index (χ1n) is 8.17. The van der Waals surface area contributed by atoms with Gasteiger partial charge in [0.25, 0.3) is 5.91 Å². The zero-order chi connectivity index (χ0) is 18.7. The number of hydrogen-bond donors (Lipinski definition) is 1. The normalized spacial score (nSPS) is 21.7. The van der Waals surface area contributed by atoms with E-state index in [9.17, 15) is 18.3 Å². The van der Waals surface area contributed by atoms with Crippen LogP contribution in [-0.2, 0) is 9.84 Å². The Kier molecular flexibility index (Phi) is 5.90. The lowest BCUT2D eigenvalue weighted by Gasteiger charge is -2.37. The first-order valence-corrected chi connectivity index (χ1v) is 9.99. The molecule has 0 saturated carbocycles. The summed E-state index contributed by atoms with van der Waals surface area (Å²) in [6, 6.07) is 6.75. The van der Waals surface area contributed by atoms with Crippen LogP contribution in [0.25, 0.3) is 0 Å². The number of nitrogens with zero attached hydrogens (tertiary/aromatic N) is 1. The van der Waals surface area contributed by atoms with Crippen LogP contribution in [0.5, 0.6) is 5.75 Å². The van der Waals surface area contributed by atoms with E-state index in [1.165, 1.54) is 4.90 Å². The molecule has 138 valence electrons. The van der Waals surface area contributed by atoms with Gasteiger partial charge in [-0.2, -0.15) is 0 Å². The van der Waals surface area contributed by atoms with Crippen LogP contribution in [0, 0.1) is 0 Å². The van der Waals surface area contributed by atoms with Crippen molar-refractivity contribution in [2.24, 2.45) is 0 Å². The molecule has 1 aromatic rings. The summed E-state index contributed by atoms with van der Waals surface area (Å²) in [6.45, 7) is 7.58. The Hall–Kier alpha value is -1.86. The van der Waals surface area contributed by atoms with Crippen LogP contribution in [-0.4, -0.2) is 61.1 Å². The fourth-order valence-electron chi connectivity index (χ4n) is 3.00. The molecule has 0 unspecified atom stereocenters. The second-order valence-corrected chi connectivity index (χ2v) is 8.98. The van der Waals surface area contributed by atoms with Crippen LogP contribution in [0.2, 0.25) is 0 Å². The molecule has 6 nitrogen and oxygen atoms in total. The molecule has 1 saturated heterocycles. The molecule has 1 amide bonds. The van der Waals surface area contributed by atoms with Gasteiger partial charge < -0.3 is 14.7 Å². The van der Waals surface area contributed by atoms with Crippen molar-refractivity contribution in [2.75, 3.05) is 31.3 Å². The summed E-state index contributed by atoms with van der Waals surface area (Å²) in [5, 5.41) is 9.36. The third-order valence-electron chi connectivity index (χ3n) is 4.27. The van der Waals surface area contributed by atoms with Crippen molar-refractivity contribution >= 4 is 15.7 Å². The average molecular weight is 367 g/mol. The van der Waals surface area contributed by atoms with Gasteiger partial charge in [-0.1, -0.05) is 12.6 Å². The number of ether oxygens (including phenoxy) is 1. The van der Waals surface area contributed by atoms with Crippen LogP contribution in [0.1, 0.15) is 30.6 Å². The summed E-state index contributed by atoms with van der Waals surface area (Å²) >= 11 is 0. The van der Waals surface area contributed by atoms with E-state index in [1.54, 1.807) is 31.2 Å². The summed E-state index contributed by atoms with van der Waals surface area (Å²) in [6.07, 6.45) is 0.368. The first kappa shape index (κ1) is 19.5. The Morgan fingerprint density at radius 1 is 1.44 bits per heavy atom. The molecule has 0 spiro atoms. The van der Waals surface area contributed by atoms with Gasteiger partial charge in [0.05, 0.1) is 23.7 Å². The van der Waals surface area contributed by atoms with Crippen molar-refractivity contribution in [2.45, 2.75) is 25.8 Å². The molecule has 1 atom stereocenters. The molecule has 2 rings (SSSR count). The molecule has 1 aliphatic heterocycles. The van der Waals surface area contributed by atoms with E-state index in [0.29, 0.717) is 24.3 Å². The maximum atomic E-state index is 13.0. The van der Waals surface area contributed by atoms with Crippen LogP contribution in [0.15, 0.2) is 36.4 Å². The van der Waals surface area contributed by atoms with Gasteiger partial charge in [-0.05, 0) is 44.0 Å². The first-order chi connectivity index (χ1) is 11.7. The summed E-state index contributed by atoms with van der Waals surface area (Å²) in [4.78, 5) is 14.4. The van der Waals surface area contributed by atoms with Crippen molar-refractivity contribution in [1.82, 2.24) is 4.90 Å². The lowest BCUT2D eigenvalue weighted by Crippen LogP contribution is -2.51. The highest BCUT2D eigenvalue weighted by atomic mass is 32.2. The molecule has 25 heavy (non-hydrogen) atoms. The minimum absolute atomic E-state index is 0.0560. The highest BCUT2D eigenvalue weighted by molar-refractivity contribution is 7.91. The Bertz CT molecular complexity index is 758. The van der Waals surface area contributed by atoms with Crippen molar-refractivity contribution in [3.8, 4) is 5.75 Å². The Morgan fingerprint density at radius 2 is 2.16 bits per heavy atom.